The van der Waals surface area contributed by atoms with Crippen LogP contribution in [-0.2, 0) is 0 Å². The van der Waals surface area contributed by atoms with E-state index in [0.717, 1.165) is 11.0 Å². The van der Waals surface area contributed by atoms with Crippen molar-refractivity contribution in [2.75, 3.05) is 0 Å². The molecule has 2 N–H and O–H groups in total. The minimum absolute atomic E-state index is 0.283. The maximum absolute atomic E-state index is 9.21. The highest BCUT2D eigenvalue weighted by Gasteiger charge is 2.19. The SMILES string of the molecule is OB(O)c1ccc2oc3ccccc3c2c1Cl. The maximum atomic E-state index is 9.21. The molecule has 0 fully saturated rings. The van der Waals surface area contributed by atoms with E-state index in [9.17, 15) is 10.0 Å². The lowest BCUT2D eigenvalue weighted by Crippen LogP contribution is -2.30. The molecule has 0 unspecified atom stereocenters. The first-order valence-corrected chi connectivity index (χ1v) is 5.52. The van der Waals surface area contributed by atoms with Gasteiger partial charge in [-0.1, -0.05) is 35.9 Å². The third kappa shape index (κ3) is 1.53. The van der Waals surface area contributed by atoms with Crippen molar-refractivity contribution in [3.05, 3.63) is 41.4 Å². The average Bonchev–Trinajstić information content (AvgIpc) is 2.67. The van der Waals surface area contributed by atoms with Crippen molar-refractivity contribution in [3.63, 3.8) is 0 Å². The van der Waals surface area contributed by atoms with Crippen LogP contribution in [0.1, 0.15) is 0 Å². The van der Waals surface area contributed by atoms with Crippen LogP contribution in [0.25, 0.3) is 21.9 Å². The molecule has 0 atom stereocenters. The lowest BCUT2D eigenvalue weighted by Gasteiger charge is -2.02. The number of benzene rings is 2. The van der Waals surface area contributed by atoms with Crippen LogP contribution in [-0.4, -0.2) is 17.2 Å². The molecule has 3 nitrogen and oxygen atoms in total. The third-order valence-electron chi connectivity index (χ3n) is 2.79. The summed E-state index contributed by atoms with van der Waals surface area (Å²) in [6.45, 7) is 0. The standard InChI is InChI=1S/C12H8BClO3/c14-12-8(13(15)16)5-6-10-11(12)7-3-1-2-4-9(7)17-10/h1-6,15-16H. The summed E-state index contributed by atoms with van der Waals surface area (Å²) in [5, 5.41) is 20.3. The Kier molecular flexibility index (Phi) is 2.36. The zero-order chi connectivity index (χ0) is 12.0. The Morgan fingerprint density at radius 1 is 1.00 bits per heavy atom. The highest BCUT2D eigenvalue weighted by atomic mass is 35.5. The molecule has 5 heteroatoms. The van der Waals surface area contributed by atoms with Gasteiger partial charge in [-0.2, -0.15) is 0 Å². The second-order valence-electron chi connectivity index (χ2n) is 3.81. The average molecular weight is 246 g/mol. The van der Waals surface area contributed by atoms with E-state index in [1.807, 2.05) is 24.3 Å². The molecule has 1 heterocycles. The monoisotopic (exact) mass is 246 g/mol. The Morgan fingerprint density at radius 2 is 1.76 bits per heavy atom. The summed E-state index contributed by atoms with van der Waals surface area (Å²) in [4.78, 5) is 0. The van der Waals surface area contributed by atoms with Crippen molar-refractivity contribution in [1.29, 1.82) is 0 Å². The Labute approximate surface area is 102 Å². The number of hydrogen-bond donors (Lipinski definition) is 2. The Bertz CT molecular complexity index is 705. The number of furan rings is 1. The fourth-order valence-corrected chi connectivity index (χ4v) is 2.35. The molecule has 0 aliphatic carbocycles. The topological polar surface area (TPSA) is 53.6 Å². The predicted octanol–water partition coefficient (Wildman–Crippen LogP) is 1.92. The van der Waals surface area contributed by atoms with Crippen molar-refractivity contribution in [2.24, 2.45) is 0 Å². The van der Waals surface area contributed by atoms with Crippen molar-refractivity contribution in [1.82, 2.24) is 0 Å². The first kappa shape index (κ1) is 10.7. The summed E-state index contributed by atoms with van der Waals surface area (Å²) in [5.74, 6) is 0. The zero-order valence-corrected chi connectivity index (χ0v) is 9.48. The fraction of sp³-hybridized carbons (Fsp3) is 0. The molecule has 1 aromatic heterocycles. The van der Waals surface area contributed by atoms with Gasteiger partial charge < -0.3 is 14.5 Å². The van der Waals surface area contributed by atoms with E-state index in [-0.39, 0.29) is 5.46 Å². The van der Waals surface area contributed by atoms with E-state index in [0.29, 0.717) is 16.0 Å². The van der Waals surface area contributed by atoms with Gasteiger partial charge in [0.05, 0.1) is 5.02 Å². The van der Waals surface area contributed by atoms with Crippen LogP contribution in [0.15, 0.2) is 40.8 Å². The van der Waals surface area contributed by atoms with Crippen molar-refractivity contribution >= 4 is 46.1 Å². The summed E-state index contributed by atoms with van der Waals surface area (Å²) in [6, 6.07) is 10.7. The second kappa shape index (κ2) is 3.77. The predicted molar refractivity (Wildman–Crippen MR) is 68.6 cm³/mol. The molecule has 0 radical (unpaired) electrons. The van der Waals surface area contributed by atoms with Gasteiger partial charge in [0.2, 0.25) is 0 Å². The van der Waals surface area contributed by atoms with Crippen LogP contribution in [0.5, 0.6) is 0 Å². The van der Waals surface area contributed by atoms with Crippen LogP contribution in [0.4, 0.5) is 0 Å². The lowest BCUT2D eigenvalue weighted by molar-refractivity contribution is 0.426. The van der Waals surface area contributed by atoms with Crippen molar-refractivity contribution < 1.29 is 14.5 Å². The molecular weight excluding hydrogens is 238 g/mol. The fourth-order valence-electron chi connectivity index (χ4n) is 1.99. The highest BCUT2D eigenvalue weighted by molar-refractivity contribution is 6.64. The van der Waals surface area contributed by atoms with Crippen LogP contribution in [0, 0.1) is 0 Å². The molecule has 0 aliphatic rings. The zero-order valence-electron chi connectivity index (χ0n) is 8.72. The number of para-hydroxylation sites is 1. The van der Waals surface area contributed by atoms with Gasteiger partial charge in [-0.05, 0) is 12.1 Å². The molecule has 0 bridgehead atoms. The Balaban J connectivity index is 2.48. The first-order chi connectivity index (χ1) is 8.18. The van der Waals surface area contributed by atoms with Gasteiger partial charge in [-0.3, -0.25) is 0 Å². The molecule has 84 valence electrons. The number of rotatable bonds is 1. The van der Waals surface area contributed by atoms with E-state index in [1.165, 1.54) is 0 Å². The molecule has 17 heavy (non-hydrogen) atoms. The van der Waals surface area contributed by atoms with E-state index in [1.54, 1.807) is 12.1 Å². The summed E-state index contributed by atoms with van der Waals surface area (Å²) < 4.78 is 5.62. The third-order valence-corrected chi connectivity index (χ3v) is 3.20. The van der Waals surface area contributed by atoms with Crippen molar-refractivity contribution in [2.45, 2.75) is 0 Å². The Morgan fingerprint density at radius 3 is 2.53 bits per heavy atom. The largest absolute Gasteiger partial charge is 0.489 e. The van der Waals surface area contributed by atoms with Crippen LogP contribution >= 0.6 is 11.6 Å². The van der Waals surface area contributed by atoms with E-state index >= 15 is 0 Å². The molecule has 0 saturated heterocycles. The van der Waals surface area contributed by atoms with E-state index in [2.05, 4.69) is 0 Å². The van der Waals surface area contributed by atoms with Crippen molar-refractivity contribution in [3.8, 4) is 0 Å². The quantitative estimate of drug-likeness (QED) is 0.645. The Hall–Kier alpha value is -1.49. The minimum Gasteiger partial charge on any atom is -0.456 e. The van der Waals surface area contributed by atoms with Gasteiger partial charge in [0, 0.05) is 16.2 Å². The number of fused-ring (bicyclic) bond motifs is 3. The van der Waals surface area contributed by atoms with E-state index < -0.39 is 7.12 Å². The number of hydrogen-bond acceptors (Lipinski definition) is 3. The lowest BCUT2D eigenvalue weighted by atomic mass is 9.79. The second-order valence-corrected chi connectivity index (χ2v) is 4.19. The summed E-state index contributed by atoms with van der Waals surface area (Å²) in [6.07, 6.45) is 0. The smallest absolute Gasteiger partial charge is 0.456 e. The minimum atomic E-state index is -1.58. The van der Waals surface area contributed by atoms with Gasteiger partial charge in [-0.25, -0.2) is 0 Å². The maximum Gasteiger partial charge on any atom is 0.489 e. The summed E-state index contributed by atoms with van der Waals surface area (Å²) in [5.41, 5.74) is 1.65. The van der Waals surface area contributed by atoms with Crippen LogP contribution < -0.4 is 5.46 Å². The normalized spacial score (nSPS) is 11.2. The van der Waals surface area contributed by atoms with E-state index in [4.69, 9.17) is 16.0 Å². The number of halogens is 1. The summed E-state index contributed by atoms with van der Waals surface area (Å²) in [7, 11) is -1.58. The van der Waals surface area contributed by atoms with Crippen LogP contribution in [0.3, 0.4) is 0 Å². The molecule has 0 spiro atoms. The van der Waals surface area contributed by atoms with Crippen LogP contribution in [0.2, 0.25) is 5.02 Å². The molecule has 0 aliphatic heterocycles. The van der Waals surface area contributed by atoms with Gasteiger partial charge >= 0.3 is 7.12 Å². The van der Waals surface area contributed by atoms with Gasteiger partial charge in [0.25, 0.3) is 0 Å². The first-order valence-electron chi connectivity index (χ1n) is 5.14. The van der Waals surface area contributed by atoms with Gasteiger partial charge in [0.15, 0.2) is 0 Å². The molecule has 0 amide bonds. The molecule has 3 rings (SSSR count). The van der Waals surface area contributed by atoms with Gasteiger partial charge in [0.1, 0.15) is 11.2 Å². The molecular formula is C12H8BClO3. The highest BCUT2D eigenvalue weighted by Crippen LogP contribution is 2.32. The molecule has 2 aromatic carbocycles. The molecule has 0 saturated carbocycles. The summed E-state index contributed by atoms with van der Waals surface area (Å²) >= 11 is 6.18. The molecule has 3 aromatic rings. The van der Waals surface area contributed by atoms with Gasteiger partial charge in [-0.15, -0.1) is 0 Å².